The van der Waals surface area contributed by atoms with Crippen molar-refractivity contribution in [1.82, 2.24) is 0 Å². The van der Waals surface area contributed by atoms with Crippen molar-refractivity contribution < 1.29 is 0 Å². The molecule has 0 aromatic rings. The molecule has 1 unspecified atom stereocenters. The Morgan fingerprint density at radius 3 is 2.71 bits per heavy atom. The molecule has 0 N–H and O–H groups in total. The average Bonchev–Trinajstić information content (AvgIpc) is 2.02. The molecule has 1 atom stereocenters. The van der Waals surface area contributed by atoms with E-state index in [1.807, 2.05) is 0 Å². The molecule has 0 heterocycles. The van der Waals surface area contributed by atoms with Crippen LogP contribution >= 0.6 is 0 Å². The molecule has 0 radical (unpaired) electrons. The predicted octanol–water partition coefficient (Wildman–Crippen LogP) is 1.65. The zero-order chi connectivity index (χ0) is 4.43. The van der Waals surface area contributed by atoms with Crippen molar-refractivity contribution in [1.29, 1.82) is 0 Å². The second kappa shape index (κ2) is 0.525. The SMILES string of the molecule is C1=C2CC3=C2C3C1. The van der Waals surface area contributed by atoms with Gasteiger partial charge in [-0.2, -0.15) is 0 Å². The van der Waals surface area contributed by atoms with E-state index >= 15 is 0 Å². The van der Waals surface area contributed by atoms with Crippen molar-refractivity contribution in [2.75, 3.05) is 0 Å². The number of hydrogen-bond acceptors (Lipinski definition) is 0. The van der Waals surface area contributed by atoms with Gasteiger partial charge in [-0.05, 0) is 24.0 Å². The molecule has 0 heteroatoms. The average molecular weight is 90.1 g/mol. The van der Waals surface area contributed by atoms with E-state index in [9.17, 15) is 0 Å². The van der Waals surface area contributed by atoms with Crippen molar-refractivity contribution >= 4 is 0 Å². The van der Waals surface area contributed by atoms with Gasteiger partial charge < -0.3 is 0 Å². The van der Waals surface area contributed by atoms with E-state index in [1.165, 1.54) is 12.8 Å². The lowest BCUT2D eigenvalue weighted by molar-refractivity contribution is 0.897. The zero-order valence-electron chi connectivity index (χ0n) is 4.07. The Hall–Kier alpha value is -0.520. The number of hydrogen-bond donors (Lipinski definition) is 0. The molecule has 0 amide bonds. The molecule has 0 aromatic heterocycles. The van der Waals surface area contributed by atoms with Crippen LogP contribution in [0, 0.1) is 5.92 Å². The number of rotatable bonds is 0. The van der Waals surface area contributed by atoms with Gasteiger partial charge in [-0.3, -0.25) is 0 Å². The second-order valence-corrected chi connectivity index (χ2v) is 2.63. The predicted molar refractivity (Wildman–Crippen MR) is 27.8 cm³/mol. The standard InChI is InChI=1S/C7H6/c1-2-5-6-3-4(1)7(5)6/h1,5H,2-3H2. The number of allylic oxidation sites excluding steroid dienone is 4. The third-order valence-corrected chi connectivity index (χ3v) is 2.36. The minimum Gasteiger partial charge on any atom is -0.0798 e. The van der Waals surface area contributed by atoms with E-state index in [-0.39, 0.29) is 0 Å². The fourth-order valence-electron chi connectivity index (χ4n) is 1.86. The molecule has 0 spiro atoms. The highest BCUT2D eigenvalue weighted by Gasteiger charge is 2.49. The Morgan fingerprint density at radius 1 is 1.57 bits per heavy atom. The third kappa shape index (κ3) is 0.131. The van der Waals surface area contributed by atoms with Crippen LogP contribution < -0.4 is 0 Å². The van der Waals surface area contributed by atoms with Gasteiger partial charge in [-0.1, -0.05) is 11.6 Å². The first kappa shape index (κ1) is 2.71. The zero-order valence-corrected chi connectivity index (χ0v) is 4.07. The van der Waals surface area contributed by atoms with Crippen LogP contribution in [0.2, 0.25) is 0 Å². The largest absolute Gasteiger partial charge is 0.0798 e. The van der Waals surface area contributed by atoms with E-state index < -0.39 is 0 Å². The first-order valence-electron chi connectivity index (χ1n) is 2.89. The van der Waals surface area contributed by atoms with Gasteiger partial charge in [0.25, 0.3) is 0 Å². The molecule has 0 nitrogen and oxygen atoms in total. The van der Waals surface area contributed by atoms with Crippen LogP contribution in [-0.2, 0) is 0 Å². The van der Waals surface area contributed by atoms with Gasteiger partial charge in [0.15, 0.2) is 0 Å². The van der Waals surface area contributed by atoms with Crippen molar-refractivity contribution in [2.24, 2.45) is 5.92 Å². The highest BCUT2D eigenvalue weighted by molar-refractivity contribution is 5.69. The lowest BCUT2D eigenvalue weighted by atomic mass is 10.0. The van der Waals surface area contributed by atoms with Gasteiger partial charge in [0, 0.05) is 5.92 Å². The molecule has 7 heavy (non-hydrogen) atoms. The molecule has 34 valence electrons. The van der Waals surface area contributed by atoms with Crippen LogP contribution in [0.1, 0.15) is 12.8 Å². The Morgan fingerprint density at radius 2 is 2.57 bits per heavy atom. The monoisotopic (exact) mass is 90.0 g/mol. The summed E-state index contributed by atoms with van der Waals surface area (Å²) in [5.41, 5.74) is 5.22. The summed E-state index contributed by atoms with van der Waals surface area (Å²) >= 11 is 0. The first-order valence-corrected chi connectivity index (χ1v) is 2.89. The Labute approximate surface area is 42.5 Å². The molecule has 0 saturated carbocycles. The van der Waals surface area contributed by atoms with Crippen LogP contribution in [0.5, 0.6) is 0 Å². The Balaban J connectivity index is 2.42. The van der Waals surface area contributed by atoms with E-state index in [2.05, 4.69) is 6.08 Å². The van der Waals surface area contributed by atoms with Crippen molar-refractivity contribution in [3.63, 3.8) is 0 Å². The number of fused-ring (bicyclic) bond motifs is 1. The van der Waals surface area contributed by atoms with Gasteiger partial charge in [0.2, 0.25) is 0 Å². The molecule has 0 fully saturated rings. The summed E-state index contributed by atoms with van der Waals surface area (Å²) in [6.45, 7) is 0. The maximum absolute atomic E-state index is 2.40. The maximum atomic E-state index is 2.40. The van der Waals surface area contributed by atoms with Crippen LogP contribution in [0.3, 0.4) is 0 Å². The summed E-state index contributed by atoms with van der Waals surface area (Å²) in [5, 5.41) is 0. The van der Waals surface area contributed by atoms with Crippen molar-refractivity contribution in [3.8, 4) is 0 Å². The molecule has 3 rings (SSSR count). The highest BCUT2D eigenvalue weighted by Crippen LogP contribution is 2.64. The molecular formula is C7H6. The molecule has 3 aliphatic carbocycles. The summed E-state index contributed by atoms with van der Waals surface area (Å²) in [6.07, 6.45) is 5.12. The van der Waals surface area contributed by atoms with E-state index in [0.29, 0.717) is 0 Å². The molecular weight excluding hydrogens is 84.1 g/mol. The summed E-state index contributed by atoms with van der Waals surface area (Å²) in [6, 6.07) is 0. The van der Waals surface area contributed by atoms with Crippen LogP contribution in [0.25, 0.3) is 0 Å². The van der Waals surface area contributed by atoms with Gasteiger partial charge in [0.1, 0.15) is 0 Å². The molecule has 0 saturated heterocycles. The topological polar surface area (TPSA) is 0 Å². The second-order valence-electron chi connectivity index (χ2n) is 2.63. The normalized spacial score (nSPS) is 40.0. The molecule has 3 aliphatic rings. The van der Waals surface area contributed by atoms with Crippen LogP contribution in [0.15, 0.2) is 22.8 Å². The van der Waals surface area contributed by atoms with E-state index in [4.69, 9.17) is 0 Å². The van der Waals surface area contributed by atoms with Crippen LogP contribution in [-0.4, -0.2) is 0 Å². The minimum atomic E-state index is 0.995. The quantitative estimate of drug-likeness (QED) is 0.424. The smallest absolute Gasteiger partial charge is 0.00949 e. The summed E-state index contributed by atoms with van der Waals surface area (Å²) in [5.74, 6) is 0.995. The molecule has 0 aromatic carbocycles. The maximum Gasteiger partial charge on any atom is 0.00949 e. The lowest BCUT2D eigenvalue weighted by Crippen LogP contribution is -1.85. The van der Waals surface area contributed by atoms with Gasteiger partial charge in [-0.25, -0.2) is 0 Å². The van der Waals surface area contributed by atoms with E-state index in [1.54, 1.807) is 16.7 Å². The van der Waals surface area contributed by atoms with E-state index in [0.717, 1.165) is 5.92 Å². The fourth-order valence-corrected chi connectivity index (χ4v) is 1.86. The van der Waals surface area contributed by atoms with Gasteiger partial charge >= 0.3 is 0 Å². The summed E-state index contributed by atoms with van der Waals surface area (Å²) in [4.78, 5) is 0. The van der Waals surface area contributed by atoms with Gasteiger partial charge in [0.05, 0.1) is 0 Å². The van der Waals surface area contributed by atoms with Crippen molar-refractivity contribution in [3.05, 3.63) is 22.8 Å². The fraction of sp³-hybridized carbons (Fsp3) is 0.429. The molecule has 0 bridgehead atoms. The summed E-state index contributed by atoms with van der Waals surface area (Å²) in [7, 11) is 0. The van der Waals surface area contributed by atoms with Crippen molar-refractivity contribution in [2.45, 2.75) is 12.8 Å². The Kier molecular flexibility index (Phi) is 0.203. The third-order valence-electron chi connectivity index (χ3n) is 2.36. The highest BCUT2D eigenvalue weighted by atomic mass is 14.5. The lowest BCUT2D eigenvalue weighted by Gasteiger charge is -2.03. The van der Waals surface area contributed by atoms with Crippen LogP contribution in [0.4, 0.5) is 0 Å². The minimum absolute atomic E-state index is 0.995. The summed E-state index contributed by atoms with van der Waals surface area (Å²) < 4.78 is 0. The Bertz CT molecular complexity index is 206. The molecule has 0 aliphatic heterocycles. The van der Waals surface area contributed by atoms with Gasteiger partial charge in [-0.15, -0.1) is 0 Å². The first-order chi connectivity index (χ1) is 3.47.